The SMILES string of the molecule is COc1ccc(-c2cncc3cc(C=C4SC(=S)NC4=O)oc23)cc1. The van der Waals surface area contributed by atoms with Crippen LogP contribution in [0.5, 0.6) is 5.75 Å². The molecule has 0 aliphatic carbocycles. The van der Waals surface area contributed by atoms with Crippen molar-refractivity contribution in [1.82, 2.24) is 10.3 Å². The number of carbonyl (C=O) groups excluding carboxylic acids is 1. The predicted octanol–water partition coefficient (Wildman–Crippen LogP) is 3.99. The zero-order chi connectivity index (χ0) is 17.4. The zero-order valence-electron chi connectivity index (χ0n) is 13.1. The number of ether oxygens (including phenoxy) is 1. The highest BCUT2D eigenvalue weighted by atomic mass is 32.2. The van der Waals surface area contributed by atoms with Gasteiger partial charge in [0.2, 0.25) is 0 Å². The maximum absolute atomic E-state index is 11.8. The normalized spacial score (nSPS) is 15.8. The first-order chi connectivity index (χ1) is 12.1. The van der Waals surface area contributed by atoms with Gasteiger partial charge in [0.05, 0.1) is 12.0 Å². The number of nitrogens with one attached hydrogen (secondary N) is 1. The van der Waals surface area contributed by atoms with E-state index in [-0.39, 0.29) is 5.91 Å². The molecule has 1 fully saturated rings. The Morgan fingerprint density at radius 3 is 2.76 bits per heavy atom. The van der Waals surface area contributed by atoms with Crippen LogP contribution in [0, 0.1) is 0 Å². The van der Waals surface area contributed by atoms with Gasteiger partial charge < -0.3 is 14.5 Å². The molecule has 0 atom stereocenters. The topological polar surface area (TPSA) is 64.4 Å². The van der Waals surface area contributed by atoms with Crippen molar-refractivity contribution in [3.05, 3.63) is 53.4 Å². The second-order valence-electron chi connectivity index (χ2n) is 5.33. The summed E-state index contributed by atoms with van der Waals surface area (Å²) in [6.45, 7) is 0. The average Bonchev–Trinajstić information content (AvgIpc) is 3.17. The van der Waals surface area contributed by atoms with Crippen LogP contribution in [0.2, 0.25) is 0 Å². The van der Waals surface area contributed by atoms with E-state index in [0.29, 0.717) is 15.0 Å². The molecule has 0 unspecified atom stereocenters. The minimum absolute atomic E-state index is 0.205. The number of amides is 1. The molecule has 1 aliphatic heterocycles. The van der Waals surface area contributed by atoms with Gasteiger partial charge in [-0.05, 0) is 23.8 Å². The summed E-state index contributed by atoms with van der Waals surface area (Å²) in [5.74, 6) is 1.16. The first-order valence-electron chi connectivity index (χ1n) is 7.41. The molecule has 0 bridgehead atoms. The van der Waals surface area contributed by atoms with E-state index in [0.717, 1.165) is 27.8 Å². The number of benzene rings is 1. The Morgan fingerprint density at radius 2 is 2.08 bits per heavy atom. The number of carbonyl (C=O) groups is 1. The quantitative estimate of drug-likeness (QED) is 0.557. The lowest BCUT2D eigenvalue weighted by molar-refractivity contribution is -0.115. The van der Waals surface area contributed by atoms with Crippen LogP contribution in [0.25, 0.3) is 28.2 Å². The summed E-state index contributed by atoms with van der Waals surface area (Å²) in [6.07, 6.45) is 5.19. The molecule has 124 valence electrons. The van der Waals surface area contributed by atoms with Crippen molar-refractivity contribution in [2.24, 2.45) is 0 Å². The lowest BCUT2D eigenvalue weighted by atomic mass is 10.1. The number of thioether (sulfide) groups is 1. The van der Waals surface area contributed by atoms with E-state index in [1.54, 1.807) is 25.6 Å². The van der Waals surface area contributed by atoms with Gasteiger partial charge in [-0.3, -0.25) is 9.78 Å². The van der Waals surface area contributed by atoms with Crippen molar-refractivity contribution in [2.75, 3.05) is 7.11 Å². The highest BCUT2D eigenvalue weighted by Gasteiger charge is 2.22. The molecule has 5 nitrogen and oxygen atoms in total. The molecule has 1 aromatic carbocycles. The molecule has 1 aliphatic rings. The number of aromatic nitrogens is 1. The zero-order valence-corrected chi connectivity index (χ0v) is 14.7. The monoisotopic (exact) mass is 368 g/mol. The number of hydrogen-bond donors (Lipinski definition) is 1. The first kappa shape index (κ1) is 15.9. The molecule has 4 rings (SSSR count). The summed E-state index contributed by atoms with van der Waals surface area (Å²) in [7, 11) is 1.63. The van der Waals surface area contributed by atoms with Crippen molar-refractivity contribution < 1.29 is 13.9 Å². The second-order valence-corrected chi connectivity index (χ2v) is 7.05. The molecule has 1 amide bonds. The highest BCUT2D eigenvalue weighted by Crippen LogP contribution is 2.33. The fourth-order valence-electron chi connectivity index (χ4n) is 2.58. The Hall–Kier alpha value is -2.64. The summed E-state index contributed by atoms with van der Waals surface area (Å²) in [4.78, 5) is 16.6. The van der Waals surface area contributed by atoms with Gasteiger partial charge in [-0.15, -0.1) is 0 Å². The van der Waals surface area contributed by atoms with Gasteiger partial charge in [-0.2, -0.15) is 0 Å². The maximum Gasteiger partial charge on any atom is 0.263 e. The standard InChI is InChI=1S/C18H12N2O3S2/c1-22-12-4-2-10(3-5-12)14-9-19-8-11-6-13(23-16(11)14)7-15-17(21)20-18(24)25-15/h2-9H,1H3,(H,20,21,24). The van der Waals surface area contributed by atoms with Gasteiger partial charge in [0.15, 0.2) is 0 Å². The number of rotatable bonds is 3. The van der Waals surface area contributed by atoms with Crippen molar-refractivity contribution in [2.45, 2.75) is 0 Å². The van der Waals surface area contributed by atoms with Crippen LogP contribution in [0.4, 0.5) is 0 Å². The molecule has 7 heteroatoms. The molecule has 2 aromatic heterocycles. The van der Waals surface area contributed by atoms with E-state index < -0.39 is 0 Å². The Labute approximate surface area is 153 Å². The van der Waals surface area contributed by atoms with Crippen molar-refractivity contribution in [3.63, 3.8) is 0 Å². The van der Waals surface area contributed by atoms with E-state index in [4.69, 9.17) is 21.4 Å². The first-order valence-corrected chi connectivity index (χ1v) is 8.63. The van der Waals surface area contributed by atoms with Gasteiger partial charge in [0.1, 0.15) is 21.4 Å². The van der Waals surface area contributed by atoms with Crippen LogP contribution in [0.1, 0.15) is 5.76 Å². The average molecular weight is 368 g/mol. The Bertz CT molecular complexity index is 1020. The fourth-order valence-corrected chi connectivity index (χ4v) is 3.60. The van der Waals surface area contributed by atoms with Crippen molar-refractivity contribution in [3.8, 4) is 16.9 Å². The van der Waals surface area contributed by atoms with Crippen LogP contribution in [0.3, 0.4) is 0 Å². The molecule has 3 aromatic rings. The van der Waals surface area contributed by atoms with E-state index >= 15 is 0 Å². The van der Waals surface area contributed by atoms with Gasteiger partial charge >= 0.3 is 0 Å². The highest BCUT2D eigenvalue weighted by molar-refractivity contribution is 8.26. The Kier molecular flexibility index (Phi) is 4.03. The van der Waals surface area contributed by atoms with E-state index in [1.165, 1.54) is 11.8 Å². The van der Waals surface area contributed by atoms with E-state index in [9.17, 15) is 4.79 Å². The van der Waals surface area contributed by atoms with Crippen LogP contribution in [0.15, 0.2) is 52.0 Å². The number of fused-ring (bicyclic) bond motifs is 1. The minimum Gasteiger partial charge on any atom is -0.497 e. The summed E-state index contributed by atoms with van der Waals surface area (Å²) >= 11 is 6.22. The lowest BCUT2D eigenvalue weighted by Crippen LogP contribution is -2.17. The van der Waals surface area contributed by atoms with Gasteiger partial charge in [-0.1, -0.05) is 36.1 Å². The van der Waals surface area contributed by atoms with Crippen LogP contribution < -0.4 is 10.1 Å². The van der Waals surface area contributed by atoms with Crippen molar-refractivity contribution in [1.29, 1.82) is 0 Å². The molecule has 0 radical (unpaired) electrons. The number of pyridine rings is 1. The van der Waals surface area contributed by atoms with Crippen LogP contribution in [-0.4, -0.2) is 22.3 Å². The molecular weight excluding hydrogens is 356 g/mol. The van der Waals surface area contributed by atoms with Gasteiger partial charge in [-0.25, -0.2) is 0 Å². The number of thiocarbonyl (C=S) groups is 1. The summed E-state index contributed by atoms with van der Waals surface area (Å²) in [5, 5.41) is 3.46. The van der Waals surface area contributed by atoms with E-state index in [2.05, 4.69) is 10.3 Å². The van der Waals surface area contributed by atoms with Crippen LogP contribution in [-0.2, 0) is 4.79 Å². The number of hydrogen-bond acceptors (Lipinski definition) is 6. The molecule has 1 saturated heterocycles. The molecule has 0 saturated carbocycles. The minimum atomic E-state index is -0.205. The lowest BCUT2D eigenvalue weighted by Gasteiger charge is -2.04. The third-order valence-corrected chi connectivity index (χ3v) is 4.92. The summed E-state index contributed by atoms with van der Waals surface area (Å²) < 4.78 is 11.6. The third-order valence-electron chi connectivity index (χ3n) is 3.76. The fraction of sp³-hybridized carbons (Fsp3) is 0.0556. The second kappa shape index (κ2) is 6.34. The molecule has 1 N–H and O–H groups in total. The maximum atomic E-state index is 11.8. The number of furan rings is 1. The van der Waals surface area contributed by atoms with E-state index in [1.807, 2.05) is 30.3 Å². The number of methoxy groups -OCH3 is 1. The van der Waals surface area contributed by atoms with Crippen molar-refractivity contribution >= 4 is 51.3 Å². The number of nitrogens with zero attached hydrogens (tertiary/aromatic N) is 1. The molecular formula is C18H12N2O3S2. The smallest absolute Gasteiger partial charge is 0.263 e. The Balaban J connectivity index is 1.77. The summed E-state index contributed by atoms with van der Waals surface area (Å²) in [5.41, 5.74) is 2.57. The largest absolute Gasteiger partial charge is 0.497 e. The molecule has 25 heavy (non-hydrogen) atoms. The van der Waals surface area contributed by atoms with Gasteiger partial charge in [0, 0.05) is 29.4 Å². The summed E-state index contributed by atoms with van der Waals surface area (Å²) in [6, 6.07) is 9.54. The third kappa shape index (κ3) is 3.04. The van der Waals surface area contributed by atoms with Gasteiger partial charge in [0.25, 0.3) is 5.91 Å². The van der Waals surface area contributed by atoms with Crippen LogP contribution >= 0.6 is 24.0 Å². The molecule has 0 spiro atoms. The predicted molar refractivity (Wildman–Crippen MR) is 102 cm³/mol. The molecule has 3 heterocycles. The Morgan fingerprint density at radius 1 is 1.28 bits per heavy atom.